The summed E-state index contributed by atoms with van der Waals surface area (Å²) in [6, 6.07) is 0. The first kappa shape index (κ1) is 14.0. The van der Waals surface area contributed by atoms with Crippen LogP contribution in [0.5, 0.6) is 0 Å². The summed E-state index contributed by atoms with van der Waals surface area (Å²) in [6.45, 7) is 10.1. The monoisotopic (exact) mass is 259 g/mol. The van der Waals surface area contributed by atoms with Crippen LogP contribution in [0.1, 0.15) is 50.2 Å². The van der Waals surface area contributed by atoms with E-state index in [0.29, 0.717) is 5.25 Å². The largest absolute Gasteiger partial charge is 0.385 e. The van der Waals surface area contributed by atoms with Crippen molar-refractivity contribution in [1.82, 2.24) is 4.98 Å². The SMILES string of the molecule is CCc1nc(CSC(C)C)sc1C(C)(C)O. The molecule has 0 bridgehead atoms. The normalized spacial score (nSPS) is 12.4. The van der Waals surface area contributed by atoms with Crippen LogP contribution in [0.2, 0.25) is 0 Å². The van der Waals surface area contributed by atoms with Crippen molar-refractivity contribution < 1.29 is 5.11 Å². The van der Waals surface area contributed by atoms with Gasteiger partial charge in [0.15, 0.2) is 0 Å². The molecule has 92 valence electrons. The highest BCUT2D eigenvalue weighted by molar-refractivity contribution is 7.99. The number of hydrogen-bond donors (Lipinski definition) is 1. The van der Waals surface area contributed by atoms with E-state index in [9.17, 15) is 5.11 Å². The van der Waals surface area contributed by atoms with E-state index >= 15 is 0 Å². The number of aromatic nitrogens is 1. The number of thioether (sulfide) groups is 1. The predicted octanol–water partition coefficient (Wildman–Crippen LogP) is 3.57. The van der Waals surface area contributed by atoms with E-state index in [1.54, 1.807) is 11.3 Å². The first-order valence-corrected chi connectivity index (χ1v) is 7.54. The van der Waals surface area contributed by atoms with Crippen molar-refractivity contribution >= 4 is 23.1 Å². The second-order valence-electron chi connectivity index (χ2n) is 4.66. The molecule has 0 aliphatic carbocycles. The maximum Gasteiger partial charge on any atom is 0.103 e. The lowest BCUT2D eigenvalue weighted by Crippen LogP contribution is -2.15. The Hall–Kier alpha value is -0.0600. The van der Waals surface area contributed by atoms with E-state index in [0.717, 1.165) is 27.8 Å². The van der Waals surface area contributed by atoms with Gasteiger partial charge in [0.05, 0.1) is 16.2 Å². The maximum atomic E-state index is 10.1. The van der Waals surface area contributed by atoms with Crippen molar-refractivity contribution in [3.8, 4) is 0 Å². The van der Waals surface area contributed by atoms with Gasteiger partial charge >= 0.3 is 0 Å². The molecule has 0 aliphatic heterocycles. The zero-order valence-electron chi connectivity index (χ0n) is 10.7. The maximum absolute atomic E-state index is 10.1. The van der Waals surface area contributed by atoms with E-state index < -0.39 is 5.60 Å². The topological polar surface area (TPSA) is 33.1 Å². The minimum atomic E-state index is -0.760. The molecular weight excluding hydrogens is 238 g/mol. The van der Waals surface area contributed by atoms with Crippen LogP contribution in [-0.2, 0) is 17.8 Å². The smallest absolute Gasteiger partial charge is 0.103 e. The average molecular weight is 259 g/mol. The molecule has 0 atom stereocenters. The van der Waals surface area contributed by atoms with Gasteiger partial charge in [-0.1, -0.05) is 20.8 Å². The molecule has 4 heteroatoms. The lowest BCUT2D eigenvalue weighted by atomic mass is 10.1. The van der Waals surface area contributed by atoms with Gasteiger partial charge in [0, 0.05) is 5.75 Å². The van der Waals surface area contributed by atoms with Crippen molar-refractivity contribution in [2.45, 2.75) is 57.6 Å². The molecule has 0 amide bonds. The van der Waals surface area contributed by atoms with Crippen LogP contribution >= 0.6 is 23.1 Å². The number of aliphatic hydroxyl groups is 1. The Labute approximate surface area is 106 Å². The lowest BCUT2D eigenvalue weighted by Gasteiger charge is -2.15. The van der Waals surface area contributed by atoms with E-state index in [1.807, 2.05) is 25.6 Å². The quantitative estimate of drug-likeness (QED) is 0.877. The third-order valence-corrected chi connectivity index (χ3v) is 4.87. The highest BCUT2D eigenvalue weighted by Gasteiger charge is 2.23. The van der Waals surface area contributed by atoms with Gasteiger partial charge in [0.2, 0.25) is 0 Å². The Kier molecular flexibility index (Phi) is 4.83. The third-order valence-electron chi connectivity index (χ3n) is 2.17. The van der Waals surface area contributed by atoms with Crippen LogP contribution in [0, 0.1) is 0 Å². The van der Waals surface area contributed by atoms with E-state index in [4.69, 9.17) is 0 Å². The fourth-order valence-corrected chi connectivity index (χ4v) is 3.35. The first-order valence-electron chi connectivity index (χ1n) is 5.67. The minimum absolute atomic E-state index is 0.625. The van der Waals surface area contributed by atoms with Gasteiger partial charge in [-0.25, -0.2) is 4.98 Å². The zero-order chi connectivity index (χ0) is 12.3. The Morgan fingerprint density at radius 1 is 1.44 bits per heavy atom. The van der Waals surface area contributed by atoms with Crippen molar-refractivity contribution in [3.05, 3.63) is 15.6 Å². The molecular formula is C12H21NOS2. The van der Waals surface area contributed by atoms with Crippen molar-refractivity contribution in [2.75, 3.05) is 0 Å². The van der Waals surface area contributed by atoms with Crippen molar-refractivity contribution in [2.24, 2.45) is 0 Å². The van der Waals surface area contributed by atoms with E-state index in [2.05, 4.69) is 25.8 Å². The fourth-order valence-electron chi connectivity index (χ4n) is 1.42. The average Bonchev–Trinajstić information content (AvgIpc) is 2.57. The molecule has 0 aromatic carbocycles. The van der Waals surface area contributed by atoms with Gasteiger partial charge in [-0.05, 0) is 25.5 Å². The standard InChI is InChI=1S/C12H21NOS2/c1-6-9-11(12(4,5)14)16-10(13-9)7-15-8(2)3/h8,14H,6-7H2,1-5H3. The summed E-state index contributed by atoms with van der Waals surface area (Å²) in [5.41, 5.74) is 0.292. The van der Waals surface area contributed by atoms with Gasteiger partial charge in [-0.2, -0.15) is 11.8 Å². The summed E-state index contributed by atoms with van der Waals surface area (Å²) in [7, 11) is 0. The van der Waals surface area contributed by atoms with Gasteiger partial charge < -0.3 is 5.11 Å². The molecule has 2 nitrogen and oxygen atoms in total. The van der Waals surface area contributed by atoms with Crippen molar-refractivity contribution in [1.29, 1.82) is 0 Å². The molecule has 1 aromatic rings. The second kappa shape index (κ2) is 5.52. The molecule has 1 aromatic heterocycles. The van der Waals surface area contributed by atoms with Crippen LogP contribution in [0.3, 0.4) is 0 Å². The van der Waals surface area contributed by atoms with Crippen LogP contribution in [0.4, 0.5) is 0 Å². The third kappa shape index (κ3) is 3.75. The van der Waals surface area contributed by atoms with Gasteiger partial charge in [-0.3, -0.25) is 0 Å². The summed E-state index contributed by atoms with van der Waals surface area (Å²) >= 11 is 3.54. The number of thiazole rings is 1. The van der Waals surface area contributed by atoms with Crippen LogP contribution in [0.25, 0.3) is 0 Å². The summed E-state index contributed by atoms with van der Waals surface area (Å²) in [4.78, 5) is 5.63. The number of hydrogen-bond acceptors (Lipinski definition) is 4. The molecule has 0 saturated heterocycles. The highest BCUT2D eigenvalue weighted by atomic mass is 32.2. The summed E-state index contributed by atoms with van der Waals surface area (Å²) in [5.74, 6) is 0.950. The summed E-state index contributed by atoms with van der Waals surface area (Å²) in [6.07, 6.45) is 0.891. The highest BCUT2D eigenvalue weighted by Crippen LogP contribution is 2.32. The molecule has 1 heterocycles. The number of rotatable bonds is 5. The first-order chi connectivity index (χ1) is 7.34. The molecule has 16 heavy (non-hydrogen) atoms. The zero-order valence-corrected chi connectivity index (χ0v) is 12.3. The lowest BCUT2D eigenvalue weighted by molar-refractivity contribution is 0.0814. The molecule has 0 spiro atoms. The Morgan fingerprint density at radius 2 is 2.06 bits per heavy atom. The van der Waals surface area contributed by atoms with Crippen LogP contribution in [-0.4, -0.2) is 15.3 Å². The van der Waals surface area contributed by atoms with Crippen LogP contribution < -0.4 is 0 Å². The van der Waals surface area contributed by atoms with E-state index in [-0.39, 0.29) is 0 Å². The Morgan fingerprint density at radius 3 is 2.44 bits per heavy atom. The molecule has 0 fully saturated rings. The molecule has 1 rings (SSSR count). The predicted molar refractivity (Wildman–Crippen MR) is 73.2 cm³/mol. The summed E-state index contributed by atoms with van der Waals surface area (Å²) in [5, 5.41) is 11.8. The van der Waals surface area contributed by atoms with Gasteiger partial charge in [0.25, 0.3) is 0 Å². The number of nitrogens with zero attached hydrogens (tertiary/aromatic N) is 1. The fraction of sp³-hybridized carbons (Fsp3) is 0.750. The molecule has 0 radical (unpaired) electrons. The molecule has 0 unspecified atom stereocenters. The summed E-state index contributed by atoms with van der Waals surface area (Å²) < 4.78 is 0. The van der Waals surface area contributed by atoms with Gasteiger partial charge in [0.1, 0.15) is 5.01 Å². The van der Waals surface area contributed by atoms with E-state index in [1.165, 1.54) is 0 Å². The molecule has 0 aliphatic rings. The Bertz CT molecular complexity index is 339. The van der Waals surface area contributed by atoms with Crippen LogP contribution in [0.15, 0.2) is 0 Å². The van der Waals surface area contributed by atoms with Crippen molar-refractivity contribution in [3.63, 3.8) is 0 Å². The second-order valence-corrected chi connectivity index (χ2v) is 7.30. The minimum Gasteiger partial charge on any atom is -0.385 e. The molecule has 0 saturated carbocycles. The van der Waals surface area contributed by atoms with Gasteiger partial charge in [-0.15, -0.1) is 11.3 Å². The number of aryl methyl sites for hydroxylation is 1. The Balaban J connectivity index is 2.86. The molecule has 1 N–H and O–H groups in total.